The summed E-state index contributed by atoms with van der Waals surface area (Å²) in [5.41, 5.74) is 0.596. The Bertz CT molecular complexity index is 885. The second kappa shape index (κ2) is 5.99. The SMILES string of the molecule is CCc1nc2ccc(C(F)(F)F)cn2c1C(=O)Nc1ccccc1. The molecule has 0 saturated carbocycles. The number of nitrogens with one attached hydrogen (secondary N) is 1. The molecule has 24 heavy (non-hydrogen) atoms. The molecule has 2 heterocycles. The van der Waals surface area contributed by atoms with Crippen molar-refractivity contribution in [1.29, 1.82) is 0 Å². The molecular formula is C17H14F3N3O. The maximum absolute atomic E-state index is 12.9. The Hall–Kier alpha value is -2.83. The van der Waals surface area contributed by atoms with E-state index in [9.17, 15) is 18.0 Å². The van der Waals surface area contributed by atoms with Gasteiger partial charge < -0.3 is 5.32 Å². The van der Waals surface area contributed by atoms with Gasteiger partial charge in [0.25, 0.3) is 5.91 Å². The molecule has 0 aliphatic rings. The van der Waals surface area contributed by atoms with Crippen LogP contribution >= 0.6 is 0 Å². The van der Waals surface area contributed by atoms with Crippen LogP contribution in [0.1, 0.15) is 28.7 Å². The second-order valence-electron chi connectivity index (χ2n) is 5.22. The predicted molar refractivity (Wildman–Crippen MR) is 84.0 cm³/mol. The maximum atomic E-state index is 12.9. The summed E-state index contributed by atoms with van der Waals surface area (Å²) in [5.74, 6) is -0.495. The fraction of sp³-hybridized carbons (Fsp3) is 0.176. The average Bonchev–Trinajstić information content (AvgIpc) is 2.92. The Kier molecular flexibility index (Phi) is 4.01. The third-order valence-corrected chi connectivity index (χ3v) is 3.60. The van der Waals surface area contributed by atoms with Crippen LogP contribution in [-0.2, 0) is 12.6 Å². The molecule has 124 valence electrons. The van der Waals surface area contributed by atoms with Crippen molar-refractivity contribution < 1.29 is 18.0 Å². The quantitative estimate of drug-likeness (QED) is 0.782. The molecule has 0 aliphatic carbocycles. The van der Waals surface area contributed by atoms with Crippen molar-refractivity contribution in [2.24, 2.45) is 0 Å². The Labute approximate surface area is 135 Å². The minimum Gasteiger partial charge on any atom is -0.321 e. The van der Waals surface area contributed by atoms with Crippen molar-refractivity contribution in [3.05, 3.63) is 65.6 Å². The number of rotatable bonds is 3. The third kappa shape index (κ3) is 2.97. The lowest BCUT2D eigenvalue weighted by molar-refractivity contribution is -0.137. The highest BCUT2D eigenvalue weighted by molar-refractivity contribution is 6.04. The lowest BCUT2D eigenvalue weighted by Crippen LogP contribution is -2.17. The highest BCUT2D eigenvalue weighted by atomic mass is 19.4. The van der Waals surface area contributed by atoms with E-state index in [1.165, 1.54) is 10.5 Å². The van der Waals surface area contributed by atoms with Gasteiger partial charge in [0.1, 0.15) is 11.3 Å². The van der Waals surface area contributed by atoms with E-state index in [0.717, 1.165) is 12.3 Å². The lowest BCUT2D eigenvalue weighted by atomic mass is 10.2. The summed E-state index contributed by atoms with van der Waals surface area (Å²) in [7, 11) is 0. The van der Waals surface area contributed by atoms with Gasteiger partial charge in [0.2, 0.25) is 0 Å². The van der Waals surface area contributed by atoms with Crippen LogP contribution < -0.4 is 5.32 Å². The van der Waals surface area contributed by atoms with Crippen LogP contribution in [0.3, 0.4) is 0 Å². The molecule has 2 aromatic heterocycles. The first kappa shape index (κ1) is 16.0. The molecule has 0 spiro atoms. The van der Waals surface area contributed by atoms with Crippen molar-refractivity contribution in [2.75, 3.05) is 5.32 Å². The predicted octanol–water partition coefficient (Wildman–Crippen LogP) is 4.17. The molecule has 0 saturated heterocycles. The van der Waals surface area contributed by atoms with Crippen LogP contribution in [0.25, 0.3) is 5.65 Å². The van der Waals surface area contributed by atoms with E-state index in [1.54, 1.807) is 37.3 Å². The van der Waals surface area contributed by atoms with Crippen molar-refractivity contribution in [2.45, 2.75) is 19.5 Å². The van der Waals surface area contributed by atoms with E-state index < -0.39 is 17.6 Å². The van der Waals surface area contributed by atoms with E-state index >= 15 is 0 Å². The number of carbonyl (C=O) groups is 1. The first-order valence-corrected chi connectivity index (χ1v) is 7.34. The number of nitrogens with zero attached hydrogens (tertiary/aromatic N) is 2. The normalized spacial score (nSPS) is 11.7. The monoisotopic (exact) mass is 333 g/mol. The molecule has 3 aromatic rings. The molecule has 4 nitrogen and oxygen atoms in total. The van der Waals surface area contributed by atoms with Gasteiger partial charge in [-0.05, 0) is 30.7 Å². The summed E-state index contributed by atoms with van der Waals surface area (Å²) >= 11 is 0. The highest BCUT2D eigenvalue weighted by Crippen LogP contribution is 2.30. The van der Waals surface area contributed by atoms with Crippen LogP contribution in [0.4, 0.5) is 18.9 Å². The number of aromatic nitrogens is 2. The minimum absolute atomic E-state index is 0.113. The highest BCUT2D eigenvalue weighted by Gasteiger charge is 2.31. The number of para-hydroxylation sites is 1. The van der Waals surface area contributed by atoms with Crippen LogP contribution in [0.5, 0.6) is 0 Å². The number of alkyl halides is 3. The number of amides is 1. The van der Waals surface area contributed by atoms with Gasteiger partial charge in [-0.3, -0.25) is 9.20 Å². The largest absolute Gasteiger partial charge is 0.417 e. The molecule has 0 aliphatic heterocycles. The minimum atomic E-state index is -4.49. The summed E-state index contributed by atoms with van der Waals surface area (Å²) in [6, 6.07) is 10.9. The molecule has 3 rings (SSSR count). The number of hydrogen-bond acceptors (Lipinski definition) is 2. The van der Waals surface area contributed by atoms with E-state index in [2.05, 4.69) is 10.3 Å². The van der Waals surface area contributed by atoms with Gasteiger partial charge in [0.15, 0.2) is 0 Å². The van der Waals surface area contributed by atoms with E-state index in [-0.39, 0.29) is 5.69 Å². The van der Waals surface area contributed by atoms with Gasteiger partial charge in [-0.2, -0.15) is 13.2 Å². The molecule has 1 amide bonds. The van der Waals surface area contributed by atoms with Crippen molar-refractivity contribution in [3.8, 4) is 0 Å². The molecule has 1 N–H and O–H groups in total. The molecule has 0 bridgehead atoms. The number of fused-ring (bicyclic) bond motifs is 1. The first-order valence-electron chi connectivity index (χ1n) is 7.34. The summed E-state index contributed by atoms with van der Waals surface area (Å²) in [4.78, 5) is 16.8. The standard InChI is InChI=1S/C17H14F3N3O/c1-2-13-15(16(24)21-12-6-4-3-5-7-12)23-10-11(17(18,19)20)8-9-14(23)22-13/h3-10H,2H2,1H3,(H,21,24). The Morgan fingerprint density at radius 3 is 2.50 bits per heavy atom. The Morgan fingerprint density at radius 2 is 1.88 bits per heavy atom. The number of halogens is 3. The Morgan fingerprint density at radius 1 is 1.17 bits per heavy atom. The smallest absolute Gasteiger partial charge is 0.321 e. The fourth-order valence-corrected chi connectivity index (χ4v) is 2.46. The summed E-state index contributed by atoms with van der Waals surface area (Å²) < 4.78 is 40.0. The molecule has 0 fully saturated rings. The molecule has 1 aromatic carbocycles. The summed E-state index contributed by atoms with van der Waals surface area (Å²) in [6.07, 6.45) is -3.15. The van der Waals surface area contributed by atoms with Crippen molar-refractivity contribution in [1.82, 2.24) is 9.38 Å². The van der Waals surface area contributed by atoms with Gasteiger partial charge in [-0.15, -0.1) is 0 Å². The van der Waals surface area contributed by atoms with Gasteiger partial charge in [-0.1, -0.05) is 25.1 Å². The molecule has 0 atom stereocenters. The van der Waals surface area contributed by atoms with E-state index in [0.29, 0.717) is 23.4 Å². The summed E-state index contributed by atoms with van der Waals surface area (Å²) in [5, 5.41) is 2.69. The maximum Gasteiger partial charge on any atom is 0.417 e. The number of carbonyl (C=O) groups excluding carboxylic acids is 1. The molecule has 7 heteroatoms. The fourth-order valence-electron chi connectivity index (χ4n) is 2.46. The summed E-state index contributed by atoms with van der Waals surface area (Å²) in [6.45, 7) is 1.80. The van der Waals surface area contributed by atoms with Gasteiger partial charge in [-0.25, -0.2) is 4.98 Å². The van der Waals surface area contributed by atoms with Gasteiger partial charge in [0, 0.05) is 11.9 Å². The molecule has 0 unspecified atom stereocenters. The number of pyridine rings is 1. The van der Waals surface area contributed by atoms with E-state index in [4.69, 9.17) is 0 Å². The van der Waals surface area contributed by atoms with Gasteiger partial charge >= 0.3 is 6.18 Å². The number of benzene rings is 1. The third-order valence-electron chi connectivity index (χ3n) is 3.60. The zero-order chi connectivity index (χ0) is 17.3. The molecule has 0 radical (unpaired) electrons. The van der Waals surface area contributed by atoms with Crippen LogP contribution in [0, 0.1) is 0 Å². The first-order chi connectivity index (χ1) is 11.4. The number of hydrogen-bond donors (Lipinski definition) is 1. The number of anilines is 1. The molecular weight excluding hydrogens is 319 g/mol. The van der Waals surface area contributed by atoms with Crippen molar-refractivity contribution >= 4 is 17.2 Å². The average molecular weight is 333 g/mol. The Balaban J connectivity index is 2.09. The topological polar surface area (TPSA) is 46.4 Å². The van der Waals surface area contributed by atoms with E-state index in [1.807, 2.05) is 0 Å². The zero-order valence-electron chi connectivity index (χ0n) is 12.8. The van der Waals surface area contributed by atoms with Crippen LogP contribution in [0.2, 0.25) is 0 Å². The number of imidazole rings is 1. The number of aryl methyl sites for hydroxylation is 1. The zero-order valence-corrected chi connectivity index (χ0v) is 12.8. The lowest BCUT2D eigenvalue weighted by Gasteiger charge is -2.09. The second-order valence-corrected chi connectivity index (χ2v) is 5.22. The van der Waals surface area contributed by atoms with Crippen LogP contribution in [0.15, 0.2) is 48.7 Å². The van der Waals surface area contributed by atoms with Gasteiger partial charge in [0.05, 0.1) is 11.3 Å². The van der Waals surface area contributed by atoms with Crippen molar-refractivity contribution in [3.63, 3.8) is 0 Å². The van der Waals surface area contributed by atoms with Crippen LogP contribution in [-0.4, -0.2) is 15.3 Å².